The Hall–Kier alpha value is -4.84. The predicted octanol–water partition coefficient (Wildman–Crippen LogP) is 4.53. The monoisotopic (exact) mass is 581 g/mol. The predicted molar refractivity (Wildman–Crippen MR) is 160 cm³/mol. The molecule has 1 N–H and O–H groups in total. The Morgan fingerprint density at radius 2 is 1.84 bits per heavy atom. The SMILES string of the molecule is Cc1cc(Nc2ncnn3ccc(C4CN(C(=O)/C=C/CN5CCC(F)CC5)C4)c23)ccc1Oc1ccn2ncnc2c1. The summed E-state index contributed by atoms with van der Waals surface area (Å²) in [5, 5.41) is 12.0. The van der Waals surface area contributed by atoms with Crippen LogP contribution in [0.4, 0.5) is 15.9 Å². The Morgan fingerprint density at radius 1 is 1.05 bits per heavy atom. The van der Waals surface area contributed by atoms with Crippen molar-refractivity contribution in [3.05, 3.63) is 84.7 Å². The van der Waals surface area contributed by atoms with E-state index in [9.17, 15) is 9.18 Å². The fourth-order valence-corrected chi connectivity index (χ4v) is 5.71. The molecular formula is C31H32FN9O2. The van der Waals surface area contributed by atoms with Gasteiger partial charge in [0.25, 0.3) is 0 Å². The van der Waals surface area contributed by atoms with E-state index in [4.69, 9.17) is 4.74 Å². The van der Waals surface area contributed by atoms with Crippen molar-refractivity contribution in [2.75, 3.05) is 38.0 Å². The molecule has 0 spiro atoms. The summed E-state index contributed by atoms with van der Waals surface area (Å²) in [5.74, 6) is 2.32. The normalized spacial score (nSPS) is 16.7. The van der Waals surface area contributed by atoms with E-state index >= 15 is 0 Å². The zero-order valence-electron chi connectivity index (χ0n) is 23.8. The number of alkyl halides is 1. The number of amides is 1. The van der Waals surface area contributed by atoms with E-state index in [1.807, 2.05) is 65.1 Å². The molecule has 7 rings (SSSR count). The third-order valence-corrected chi connectivity index (χ3v) is 8.18. The first kappa shape index (κ1) is 27.0. The summed E-state index contributed by atoms with van der Waals surface area (Å²) in [5.41, 5.74) is 4.54. The lowest BCUT2D eigenvalue weighted by atomic mass is 9.92. The smallest absolute Gasteiger partial charge is 0.246 e. The summed E-state index contributed by atoms with van der Waals surface area (Å²) in [7, 11) is 0. The van der Waals surface area contributed by atoms with Crippen LogP contribution < -0.4 is 10.1 Å². The number of aryl methyl sites for hydroxylation is 1. The molecule has 5 aromatic rings. The van der Waals surface area contributed by atoms with Gasteiger partial charge in [0.15, 0.2) is 11.5 Å². The van der Waals surface area contributed by atoms with E-state index in [1.54, 1.807) is 10.6 Å². The lowest BCUT2D eigenvalue weighted by Gasteiger charge is -2.38. The fraction of sp³-hybridized carbons (Fsp3) is 0.323. The molecule has 220 valence electrons. The number of piperidine rings is 1. The molecule has 2 aliphatic rings. The van der Waals surface area contributed by atoms with Crippen LogP contribution in [0.5, 0.6) is 11.5 Å². The van der Waals surface area contributed by atoms with Crippen LogP contribution in [-0.2, 0) is 4.79 Å². The maximum atomic E-state index is 13.4. The van der Waals surface area contributed by atoms with Gasteiger partial charge in [0.1, 0.15) is 35.8 Å². The number of carbonyl (C=O) groups excluding carboxylic acids is 1. The summed E-state index contributed by atoms with van der Waals surface area (Å²) in [6, 6.07) is 11.6. The Kier molecular flexibility index (Phi) is 7.19. The minimum Gasteiger partial charge on any atom is -0.457 e. The van der Waals surface area contributed by atoms with Crippen molar-refractivity contribution < 1.29 is 13.9 Å². The number of nitrogens with one attached hydrogen (secondary N) is 1. The number of fused-ring (bicyclic) bond motifs is 2. The quantitative estimate of drug-likeness (QED) is 0.267. The minimum absolute atomic E-state index is 0.00824. The van der Waals surface area contributed by atoms with Crippen molar-refractivity contribution in [2.45, 2.75) is 31.9 Å². The van der Waals surface area contributed by atoms with E-state index in [-0.39, 0.29) is 11.8 Å². The van der Waals surface area contributed by atoms with E-state index in [2.05, 4.69) is 36.4 Å². The first-order chi connectivity index (χ1) is 21.0. The summed E-state index contributed by atoms with van der Waals surface area (Å²) in [6.45, 7) is 5.42. The molecule has 4 aromatic heterocycles. The number of nitrogens with zero attached hydrogens (tertiary/aromatic N) is 8. The number of rotatable bonds is 8. The van der Waals surface area contributed by atoms with Gasteiger partial charge < -0.3 is 15.0 Å². The second-order valence-electron chi connectivity index (χ2n) is 11.1. The minimum atomic E-state index is -0.691. The number of likely N-dealkylation sites (tertiary alicyclic amines) is 2. The van der Waals surface area contributed by atoms with Crippen molar-refractivity contribution in [2.24, 2.45) is 0 Å². The molecule has 2 fully saturated rings. The molecule has 0 unspecified atom stereocenters. The van der Waals surface area contributed by atoms with Gasteiger partial charge in [-0.25, -0.2) is 23.4 Å². The molecule has 1 amide bonds. The molecule has 0 saturated carbocycles. The van der Waals surface area contributed by atoms with Gasteiger partial charge in [0.05, 0.1) is 0 Å². The maximum Gasteiger partial charge on any atom is 0.246 e. The van der Waals surface area contributed by atoms with Crippen LogP contribution in [0.1, 0.15) is 29.9 Å². The summed E-state index contributed by atoms with van der Waals surface area (Å²) < 4.78 is 23.0. The van der Waals surface area contributed by atoms with Gasteiger partial charge in [0.2, 0.25) is 5.91 Å². The largest absolute Gasteiger partial charge is 0.457 e. The Labute approximate surface area is 247 Å². The van der Waals surface area contributed by atoms with Gasteiger partial charge in [-0.2, -0.15) is 10.2 Å². The zero-order valence-corrected chi connectivity index (χ0v) is 23.8. The Morgan fingerprint density at radius 3 is 2.67 bits per heavy atom. The lowest BCUT2D eigenvalue weighted by Crippen LogP contribution is -2.47. The fourth-order valence-electron chi connectivity index (χ4n) is 5.71. The Balaban J connectivity index is 1.00. The molecule has 43 heavy (non-hydrogen) atoms. The summed E-state index contributed by atoms with van der Waals surface area (Å²) >= 11 is 0. The van der Waals surface area contributed by atoms with E-state index in [1.165, 1.54) is 12.7 Å². The molecule has 0 bridgehead atoms. The number of aromatic nitrogens is 6. The molecule has 2 aliphatic heterocycles. The van der Waals surface area contributed by atoms with Gasteiger partial charge in [-0.3, -0.25) is 9.69 Å². The van der Waals surface area contributed by atoms with E-state index in [0.29, 0.717) is 49.7 Å². The average Bonchev–Trinajstić information content (AvgIpc) is 3.63. The third kappa shape index (κ3) is 5.65. The first-order valence-corrected chi connectivity index (χ1v) is 14.5. The van der Waals surface area contributed by atoms with Crippen LogP contribution in [0.15, 0.2) is 73.6 Å². The highest BCUT2D eigenvalue weighted by atomic mass is 19.1. The number of pyridine rings is 1. The Bertz CT molecular complexity index is 1800. The van der Waals surface area contributed by atoms with Gasteiger partial charge in [0, 0.05) is 68.9 Å². The summed E-state index contributed by atoms with van der Waals surface area (Å²) in [6.07, 6.45) is 10.8. The molecule has 0 atom stereocenters. The van der Waals surface area contributed by atoms with Crippen LogP contribution in [0.3, 0.4) is 0 Å². The van der Waals surface area contributed by atoms with Crippen LogP contribution >= 0.6 is 0 Å². The van der Waals surface area contributed by atoms with Crippen molar-refractivity contribution in [1.29, 1.82) is 0 Å². The zero-order chi connectivity index (χ0) is 29.3. The number of ether oxygens (including phenoxy) is 1. The highest BCUT2D eigenvalue weighted by Crippen LogP contribution is 2.35. The molecule has 2 saturated heterocycles. The molecule has 1 aromatic carbocycles. The van der Waals surface area contributed by atoms with Gasteiger partial charge in [-0.1, -0.05) is 6.08 Å². The molecule has 0 radical (unpaired) electrons. The van der Waals surface area contributed by atoms with Crippen molar-refractivity contribution >= 4 is 28.6 Å². The number of hydrogen-bond donors (Lipinski definition) is 1. The topological polar surface area (TPSA) is 105 Å². The molecular weight excluding hydrogens is 549 g/mol. The number of hydrogen-bond acceptors (Lipinski definition) is 8. The molecule has 12 heteroatoms. The number of halogens is 1. The lowest BCUT2D eigenvalue weighted by molar-refractivity contribution is -0.130. The van der Waals surface area contributed by atoms with Gasteiger partial charge >= 0.3 is 0 Å². The van der Waals surface area contributed by atoms with Crippen LogP contribution in [0.2, 0.25) is 0 Å². The van der Waals surface area contributed by atoms with Crippen molar-refractivity contribution in [1.82, 2.24) is 39.0 Å². The second-order valence-corrected chi connectivity index (χ2v) is 11.1. The molecule has 6 heterocycles. The van der Waals surface area contributed by atoms with E-state index in [0.717, 1.165) is 41.2 Å². The second kappa shape index (κ2) is 11.4. The summed E-state index contributed by atoms with van der Waals surface area (Å²) in [4.78, 5) is 25.5. The molecule has 11 nitrogen and oxygen atoms in total. The number of anilines is 2. The van der Waals surface area contributed by atoms with E-state index < -0.39 is 6.17 Å². The van der Waals surface area contributed by atoms with Crippen LogP contribution in [0, 0.1) is 6.92 Å². The standard InChI is InChI=1S/C31H32FN9O2/c1-21-15-24(4-5-27(21)43-25-8-13-40-28(16-25)33-19-35-40)37-31-30-26(9-14-41(30)36-20-34-31)22-17-39(18-22)29(42)3-2-10-38-11-6-23(32)7-12-38/h2-5,8-9,13-16,19-20,22-23H,6-7,10-12,17-18H2,1H3,(H,34,36,37)/b3-2+. The number of benzene rings is 1. The average molecular weight is 582 g/mol. The molecule has 0 aliphatic carbocycles. The van der Waals surface area contributed by atoms with Crippen LogP contribution in [-0.4, -0.2) is 83.8 Å². The van der Waals surface area contributed by atoms with Crippen LogP contribution in [0.25, 0.3) is 11.2 Å². The third-order valence-electron chi connectivity index (χ3n) is 8.18. The van der Waals surface area contributed by atoms with Crippen molar-refractivity contribution in [3.8, 4) is 11.5 Å². The number of carbonyl (C=O) groups is 1. The van der Waals surface area contributed by atoms with Crippen molar-refractivity contribution in [3.63, 3.8) is 0 Å². The van der Waals surface area contributed by atoms with Gasteiger partial charge in [-0.05, 0) is 61.2 Å². The first-order valence-electron chi connectivity index (χ1n) is 14.5. The highest BCUT2D eigenvalue weighted by Gasteiger charge is 2.33. The highest BCUT2D eigenvalue weighted by molar-refractivity contribution is 5.88. The maximum absolute atomic E-state index is 13.4. The van der Waals surface area contributed by atoms with Gasteiger partial charge in [-0.15, -0.1) is 0 Å².